The maximum atomic E-state index is 12.0. The Morgan fingerprint density at radius 1 is 1.45 bits per heavy atom. The van der Waals surface area contributed by atoms with Crippen LogP contribution in [0.4, 0.5) is 0 Å². The van der Waals surface area contributed by atoms with E-state index < -0.39 is 0 Å². The van der Waals surface area contributed by atoms with Gasteiger partial charge in [-0.1, -0.05) is 13.8 Å². The van der Waals surface area contributed by atoms with E-state index in [0.29, 0.717) is 19.0 Å². The van der Waals surface area contributed by atoms with E-state index in [-0.39, 0.29) is 31.0 Å². The molecule has 0 aromatic heterocycles. The minimum atomic E-state index is -0.366. The summed E-state index contributed by atoms with van der Waals surface area (Å²) in [6, 6.07) is 0. The van der Waals surface area contributed by atoms with Crippen molar-refractivity contribution in [2.24, 2.45) is 5.92 Å². The fourth-order valence-corrected chi connectivity index (χ4v) is 2.19. The summed E-state index contributed by atoms with van der Waals surface area (Å²) in [4.78, 5) is 27.0. The first-order chi connectivity index (χ1) is 9.43. The molecule has 0 bridgehead atoms. The number of nitrogens with zero attached hydrogens (tertiary/aromatic N) is 2. The second-order valence-electron chi connectivity index (χ2n) is 5.67. The van der Waals surface area contributed by atoms with Crippen LogP contribution in [0.3, 0.4) is 0 Å². The van der Waals surface area contributed by atoms with E-state index in [1.54, 1.807) is 7.05 Å². The van der Waals surface area contributed by atoms with Gasteiger partial charge in [-0.05, 0) is 25.3 Å². The molecule has 2 atom stereocenters. The molecule has 0 aromatic carbocycles. The smallest absolute Gasteiger partial charge is 0.239 e. The number of likely N-dealkylation sites (N-methyl/N-ethyl adjacent to an activating group) is 1. The number of piperidine rings is 1. The molecular formula is C14H27N3O3. The summed E-state index contributed by atoms with van der Waals surface area (Å²) in [6.07, 6.45) is 1.41. The average molecular weight is 285 g/mol. The van der Waals surface area contributed by atoms with Crippen LogP contribution in [0.5, 0.6) is 0 Å². The third-order valence-electron chi connectivity index (χ3n) is 3.74. The predicted molar refractivity (Wildman–Crippen MR) is 77.2 cm³/mol. The van der Waals surface area contributed by atoms with Gasteiger partial charge in [0.25, 0.3) is 0 Å². The molecule has 2 amide bonds. The first kappa shape index (κ1) is 16.9. The largest absolute Gasteiger partial charge is 0.392 e. The predicted octanol–water partition coefficient (Wildman–Crippen LogP) is -0.326. The van der Waals surface area contributed by atoms with Crippen LogP contribution in [0.2, 0.25) is 0 Å². The maximum Gasteiger partial charge on any atom is 0.239 e. The zero-order valence-corrected chi connectivity index (χ0v) is 12.8. The average Bonchev–Trinajstić information content (AvgIpc) is 2.40. The number of nitrogens with one attached hydrogen (secondary N) is 1. The lowest BCUT2D eigenvalue weighted by Crippen LogP contribution is -2.48. The number of aliphatic hydroxyl groups excluding tert-OH is 1. The summed E-state index contributed by atoms with van der Waals surface area (Å²) in [5.74, 6) is 0.0762. The monoisotopic (exact) mass is 285 g/mol. The van der Waals surface area contributed by atoms with Gasteiger partial charge in [-0.15, -0.1) is 0 Å². The zero-order chi connectivity index (χ0) is 15.1. The highest BCUT2D eigenvalue weighted by molar-refractivity contribution is 5.85. The number of rotatable bonds is 6. The van der Waals surface area contributed by atoms with Crippen molar-refractivity contribution in [1.82, 2.24) is 15.1 Å². The van der Waals surface area contributed by atoms with Crippen LogP contribution < -0.4 is 5.32 Å². The number of β-amino-alcohol motifs (C(OH)–C–C–N with tert-alkyl or cyclic N) is 1. The normalized spacial score (nSPS) is 23.4. The van der Waals surface area contributed by atoms with Gasteiger partial charge < -0.3 is 15.3 Å². The van der Waals surface area contributed by atoms with Gasteiger partial charge in [-0.2, -0.15) is 0 Å². The van der Waals surface area contributed by atoms with Crippen molar-refractivity contribution in [1.29, 1.82) is 0 Å². The van der Waals surface area contributed by atoms with Crippen molar-refractivity contribution in [3.05, 3.63) is 0 Å². The van der Waals surface area contributed by atoms with Crippen molar-refractivity contribution >= 4 is 11.8 Å². The summed E-state index contributed by atoms with van der Waals surface area (Å²) >= 11 is 0. The molecule has 2 N–H and O–H groups in total. The summed E-state index contributed by atoms with van der Waals surface area (Å²) < 4.78 is 0. The quantitative estimate of drug-likeness (QED) is 0.701. The number of amides is 2. The highest BCUT2D eigenvalue weighted by atomic mass is 16.3. The van der Waals surface area contributed by atoms with Gasteiger partial charge in [-0.3, -0.25) is 14.5 Å². The van der Waals surface area contributed by atoms with Gasteiger partial charge in [0, 0.05) is 20.1 Å². The fourth-order valence-electron chi connectivity index (χ4n) is 2.19. The SMILES string of the molecule is CCCNC(=O)CN(C)C(=O)CN1CCC(C)C(O)C1. The van der Waals surface area contributed by atoms with E-state index in [1.807, 2.05) is 18.7 Å². The van der Waals surface area contributed by atoms with Crippen molar-refractivity contribution in [3.63, 3.8) is 0 Å². The Morgan fingerprint density at radius 3 is 2.75 bits per heavy atom. The first-order valence-electron chi connectivity index (χ1n) is 7.35. The number of aliphatic hydroxyl groups is 1. The maximum absolute atomic E-state index is 12.0. The number of likely N-dealkylation sites (tertiary alicyclic amines) is 1. The molecular weight excluding hydrogens is 258 g/mol. The van der Waals surface area contributed by atoms with Crippen LogP contribution in [-0.4, -0.2) is 72.6 Å². The van der Waals surface area contributed by atoms with E-state index in [2.05, 4.69) is 5.32 Å². The molecule has 0 saturated carbocycles. The number of hydrogen-bond donors (Lipinski definition) is 2. The minimum Gasteiger partial charge on any atom is -0.392 e. The van der Waals surface area contributed by atoms with Gasteiger partial charge in [0.2, 0.25) is 11.8 Å². The molecule has 0 radical (unpaired) electrons. The van der Waals surface area contributed by atoms with Gasteiger partial charge >= 0.3 is 0 Å². The molecule has 0 aromatic rings. The van der Waals surface area contributed by atoms with Crippen LogP contribution in [0.15, 0.2) is 0 Å². The van der Waals surface area contributed by atoms with Gasteiger partial charge in [0.05, 0.1) is 19.2 Å². The zero-order valence-electron chi connectivity index (χ0n) is 12.8. The lowest BCUT2D eigenvalue weighted by atomic mass is 9.96. The number of carbonyl (C=O) groups excluding carboxylic acids is 2. The van der Waals surface area contributed by atoms with E-state index in [4.69, 9.17) is 0 Å². The van der Waals surface area contributed by atoms with Crippen LogP contribution in [0.1, 0.15) is 26.7 Å². The third kappa shape index (κ3) is 5.46. The standard InChI is InChI=1S/C14H27N3O3/c1-4-6-15-13(19)9-16(3)14(20)10-17-7-5-11(2)12(18)8-17/h11-12,18H,4-10H2,1-3H3,(H,15,19). The van der Waals surface area contributed by atoms with Gasteiger partial charge in [-0.25, -0.2) is 0 Å². The molecule has 1 heterocycles. The summed E-state index contributed by atoms with van der Waals surface area (Å²) in [5.41, 5.74) is 0. The molecule has 1 aliphatic heterocycles. The summed E-state index contributed by atoms with van der Waals surface area (Å²) in [5, 5.41) is 12.6. The van der Waals surface area contributed by atoms with E-state index in [0.717, 1.165) is 19.4 Å². The topological polar surface area (TPSA) is 72.9 Å². The Balaban J connectivity index is 2.32. The van der Waals surface area contributed by atoms with Crippen LogP contribution in [0.25, 0.3) is 0 Å². The van der Waals surface area contributed by atoms with E-state index >= 15 is 0 Å². The molecule has 116 valence electrons. The molecule has 2 unspecified atom stereocenters. The Bertz CT molecular complexity index is 336. The van der Waals surface area contributed by atoms with Crippen molar-refractivity contribution in [2.45, 2.75) is 32.8 Å². The van der Waals surface area contributed by atoms with E-state index in [9.17, 15) is 14.7 Å². The molecule has 0 spiro atoms. The van der Waals surface area contributed by atoms with Gasteiger partial charge in [0.1, 0.15) is 0 Å². The van der Waals surface area contributed by atoms with Crippen molar-refractivity contribution in [3.8, 4) is 0 Å². The van der Waals surface area contributed by atoms with Crippen molar-refractivity contribution in [2.75, 3.05) is 39.8 Å². The molecule has 6 nitrogen and oxygen atoms in total. The lowest BCUT2D eigenvalue weighted by molar-refractivity contribution is -0.136. The first-order valence-corrected chi connectivity index (χ1v) is 7.35. The molecule has 0 aliphatic carbocycles. The highest BCUT2D eigenvalue weighted by Gasteiger charge is 2.26. The Labute approximate surface area is 121 Å². The minimum absolute atomic E-state index is 0.0848. The van der Waals surface area contributed by atoms with Gasteiger partial charge in [0.15, 0.2) is 0 Å². The second-order valence-corrected chi connectivity index (χ2v) is 5.67. The molecule has 1 saturated heterocycles. The second kappa shape index (κ2) is 8.21. The highest BCUT2D eigenvalue weighted by Crippen LogP contribution is 2.16. The third-order valence-corrected chi connectivity index (χ3v) is 3.74. The lowest BCUT2D eigenvalue weighted by Gasteiger charge is -2.34. The molecule has 20 heavy (non-hydrogen) atoms. The fraction of sp³-hybridized carbons (Fsp3) is 0.857. The Morgan fingerprint density at radius 2 is 2.15 bits per heavy atom. The molecule has 1 aliphatic rings. The van der Waals surface area contributed by atoms with Crippen LogP contribution >= 0.6 is 0 Å². The van der Waals surface area contributed by atoms with E-state index in [1.165, 1.54) is 4.90 Å². The molecule has 1 rings (SSSR count). The summed E-state index contributed by atoms with van der Waals surface area (Å²) in [6.45, 7) is 6.35. The number of carbonyl (C=O) groups is 2. The number of hydrogen-bond acceptors (Lipinski definition) is 4. The summed E-state index contributed by atoms with van der Waals surface area (Å²) in [7, 11) is 1.64. The Hall–Kier alpha value is -1.14. The Kier molecular flexibility index (Phi) is 6.95. The molecule has 6 heteroatoms. The van der Waals surface area contributed by atoms with Crippen LogP contribution in [0, 0.1) is 5.92 Å². The molecule has 1 fully saturated rings. The van der Waals surface area contributed by atoms with Crippen molar-refractivity contribution < 1.29 is 14.7 Å². The van der Waals surface area contributed by atoms with Crippen LogP contribution in [-0.2, 0) is 9.59 Å².